The molecule has 4 N–H and O–H groups in total. The number of aryl methyl sites for hydroxylation is 1. The summed E-state index contributed by atoms with van der Waals surface area (Å²) in [7, 11) is 0. The number of unbranched alkanes of at least 4 members (excludes halogenated alkanes) is 1. The van der Waals surface area contributed by atoms with Crippen LogP contribution >= 0.6 is 0 Å². The van der Waals surface area contributed by atoms with E-state index < -0.39 is 12.3 Å². The molecule has 1 aliphatic heterocycles. The van der Waals surface area contributed by atoms with Gasteiger partial charge >= 0.3 is 0 Å². The lowest BCUT2D eigenvalue weighted by molar-refractivity contribution is 0.186. The van der Waals surface area contributed by atoms with Gasteiger partial charge in [0.15, 0.2) is 6.23 Å². The quantitative estimate of drug-likeness (QED) is 0.453. The van der Waals surface area contributed by atoms with Crippen molar-refractivity contribution in [2.45, 2.75) is 45.9 Å². The van der Waals surface area contributed by atoms with Crippen LogP contribution in [0.25, 0.3) is 11.4 Å². The number of nitrogens with two attached hydrogens (primary N) is 1. The van der Waals surface area contributed by atoms with E-state index in [0.717, 1.165) is 46.8 Å². The Balaban J connectivity index is 1.71. The highest BCUT2D eigenvalue weighted by Crippen LogP contribution is 2.28. The molecule has 1 aliphatic rings. The van der Waals surface area contributed by atoms with Gasteiger partial charge < -0.3 is 20.9 Å². The Labute approximate surface area is 206 Å². The third-order valence-corrected chi connectivity index (χ3v) is 5.65. The second-order valence-electron chi connectivity index (χ2n) is 8.45. The predicted molar refractivity (Wildman–Crippen MR) is 139 cm³/mol. The second-order valence-corrected chi connectivity index (χ2v) is 8.45. The van der Waals surface area contributed by atoms with E-state index in [1.165, 1.54) is 0 Å². The fraction of sp³-hybridized carbons (Fsp3) is 0.286. The molecule has 0 saturated heterocycles. The standard InChI is InChI=1S/C28H31N5O2/c1-4-5-6-10-21-12-13-25(33-18-22(17-30-33)26(34)16-29)27(14-21)35-28-15-24(31-20(3)32-28)23-11-8-7-9-19(23)2/h7-9,11-15,17-18,26,28,34H,4-5,16,29H2,1-3H3,(H,31,32)/t26-,28?/m0/s1. The van der Waals surface area contributed by atoms with Gasteiger partial charge in [0.2, 0.25) is 0 Å². The number of ether oxygens (including phenoxy) is 1. The topological polar surface area (TPSA) is 97.7 Å². The van der Waals surface area contributed by atoms with Gasteiger partial charge in [0, 0.05) is 41.9 Å². The van der Waals surface area contributed by atoms with Crippen LogP contribution in [0.5, 0.6) is 5.75 Å². The molecule has 3 aromatic rings. The summed E-state index contributed by atoms with van der Waals surface area (Å²) < 4.78 is 8.14. The monoisotopic (exact) mass is 469 g/mol. The summed E-state index contributed by atoms with van der Waals surface area (Å²) in [6.07, 6.45) is 5.97. The largest absolute Gasteiger partial charge is 0.465 e. The fourth-order valence-electron chi connectivity index (χ4n) is 3.79. The lowest BCUT2D eigenvalue weighted by Gasteiger charge is -2.24. The summed E-state index contributed by atoms with van der Waals surface area (Å²) in [6, 6.07) is 13.9. The van der Waals surface area contributed by atoms with Gasteiger partial charge in [-0.1, -0.05) is 43.0 Å². The summed E-state index contributed by atoms with van der Waals surface area (Å²) in [5.74, 6) is 7.77. The van der Waals surface area contributed by atoms with Crippen LogP contribution in [0.15, 0.2) is 65.9 Å². The first-order valence-electron chi connectivity index (χ1n) is 11.8. The van der Waals surface area contributed by atoms with Gasteiger partial charge in [-0.15, -0.1) is 0 Å². The van der Waals surface area contributed by atoms with Crippen LogP contribution < -0.4 is 15.8 Å². The van der Waals surface area contributed by atoms with Crippen LogP contribution in [0.4, 0.5) is 0 Å². The maximum atomic E-state index is 10.1. The Morgan fingerprint density at radius 2 is 2.06 bits per heavy atom. The molecule has 0 bridgehead atoms. The van der Waals surface area contributed by atoms with Crippen LogP contribution in [0.2, 0.25) is 0 Å². The first-order chi connectivity index (χ1) is 17.0. The van der Waals surface area contributed by atoms with Crippen LogP contribution in [0.3, 0.4) is 0 Å². The summed E-state index contributed by atoms with van der Waals surface area (Å²) in [6.45, 7) is 6.22. The molecule has 2 aromatic carbocycles. The van der Waals surface area contributed by atoms with Crippen molar-refractivity contribution in [1.29, 1.82) is 0 Å². The normalized spacial score (nSPS) is 15.9. The van der Waals surface area contributed by atoms with Gasteiger partial charge in [0.25, 0.3) is 0 Å². The number of aliphatic hydroxyl groups is 1. The van der Waals surface area contributed by atoms with Gasteiger partial charge in [-0.3, -0.25) is 0 Å². The number of nitrogens with zero attached hydrogens (tertiary/aromatic N) is 3. The van der Waals surface area contributed by atoms with Gasteiger partial charge in [-0.05, 0) is 44.0 Å². The minimum absolute atomic E-state index is 0.123. The Kier molecular flexibility index (Phi) is 7.66. The van der Waals surface area contributed by atoms with E-state index in [4.69, 9.17) is 15.5 Å². The molecule has 0 aliphatic carbocycles. The van der Waals surface area contributed by atoms with Crippen LogP contribution in [-0.4, -0.2) is 33.5 Å². The average Bonchev–Trinajstić information content (AvgIpc) is 3.34. The zero-order valence-corrected chi connectivity index (χ0v) is 20.3. The number of amidine groups is 1. The van der Waals surface area contributed by atoms with Gasteiger partial charge in [-0.25, -0.2) is 9.67 Å². The molecule has 7 heteroatoms. The molecule has 180 valence electrons. The van der Waals surface area contributed by atoms with Gasteiger partial charge in [0.05, 0.1) is 18.0 Å². The van der Waals surface area contributed by atoms with Crippen molar-refractivity contribution in [2.75, 3.05) is 6.54 Å². The number of rotatable bonds is 7. The van der Waals surface area contributed by atoms with E-state index in [1.807, 2.05) is 43.3 Å². The maximum Gasteiger partial charge on any atom is 0.192 e. The molecule has 0 fully saturated rings. The van der Waals surface area contributed by atoms with Gasteiger partial charge in [0.1, 0.15) is 17.3 Å². The minimum atomic E-state index is -0.772. The molecule has 1 unspecified atom stereocenters. The van der Waals surface area contributed by atoms with E-state index in [9.17, 15) is 5.11 Å². The van der Waals surface area contributed by atoms with E-state index in [2.05, 4.69) is 48.2 Å². The molecule has 7 nitrogen and oxygen atoms in total. The Bertz CT molecular complexity index is 1310. The number of nitrogens with one attached hydrogen (secondary N) is 1. The third kappa shape index (κ3) is 5.80. The molecule has 1 aromatic heterocycles. The molecule has 2 atom stereocenters. The predicted octanol–water partition coefficient (Wildman–Crippen LogP) is 4.09. The highest BCUT2D eigenvalue weighted by atomic mass is 16.5. The maximum absolute atomic E-state index is 10.1. The second kappa shape index (κ2) is 11.0. The van der Waals surface area contributed by atoms with E-state index in [-0.39, 0.29) is 6.54 Å². The van der Waals surface area contributed by atoms with Crippen LogP contribution in [0, 0.1) is 18.8 Å². The molecule has 0 radical (unpaired) electrons. The summed E-state index contributed by atoms with van der Waals surface area (Å²) in [4.78, 5) is 4.69. The van der Waals surface area contributed by atoms with Crippen LogP contribution in [-0.2, 0) is 0 Å². The summed E-state index contributed by atoms with van der Waals surface area (Å²) >= 11 is 0. The number of hydrogen-bond acceptors (Lipinski definition) is 6. The Morgan fingerprint density at radius 3 is 2.83 bits per heavy atom. The van der Waals surface area contributed by atoms with Gasteiger partial charge in [-0.2, -0.15) is 5.10 Å². The number of aliphatic hydroxyl groups excluding tert-OH is 1. The van der Waals surface area contributed by atoms with Crippen molar-refractivity contribution in [3.63, 3.8) is 0 Å². The fourth-order valence-corrected chi connectivity index (χ4v) is 3.79. The van der Waals surface area contributed by atoms with Crippen molar-refractivity contribution < 1.29 is 9.84 Å². The highest BCUT2D eigenvalue weighted by molar-refractivity contribution is 5.89. The molecular formula is C28H31N5O2. The first kappa shape index (κ1) is 24.3. The smallest absolute Gasteiger partial charge is 0.192 e. The highest BCUT2D eigenvalue weighted by Gasteiger charge is 2.20. The molecule has 0 spiro atoms. The van der Waals surface area contributed by atoms with Crippen molar-refractivity contribution in [1.82, 2.24) is 15.1 Å². The Hall–Kier alpha value is -3.86. The Morgan fingerprint density at radius 1 is 1.23 bits per heavy atom. The molecule has 35 heavy (non-hydrogen) atoms. The summed E-state index contributed by atoms with van der Waals surface area (Å²) in [5.41, 5.74) is 10.9. The zero-order chi connectivity index (χ0) is 24.8. The molecule has 0 amide bonds. The number of aliphatic imine (C=N–C) groups is 1. The summed E-state index contributed by atoms with van der Waals surface area (Å²) in [5, 5.41) is 17.8. The molecule has 0 saturated carbocycles. The van der Waals surface area contributed by atoms with Crippen LogP contribution in [0.1, 0.15) is 55.0 Å². The van der Waals surface area contributed by atoms with Crippen molar-refractivity contribution >= 4 is 11.5 Å². The first-order valence-corrected chi connectivity index (χ1v) is 11.8. The van der Waals surface area contributed by atoms with E-state index in [0.29, 0.717) is 11.3 Å². The molecule has 2 heterocycles. The minimum Gasteiger partial charge on any atom is -0.465 e. The molecule has 4 rings (SSSR count). The van der Waals surface area contributed by atoms with E-state index >= 15 is 0 Å². The SMILES string of the molecule is CCCC#Cc1ccc(-n2cc([C@@H](O)CN)cn2)c(OC2C=C(c3ccccc3C)N=C(C)N2)c1. The lowest BCUT2D eigenvalue weighted by Crippen LogP contribution is -2.39. The van der Waals surface area contributed by atoms with Crippen molar-refractivity contribution in [3.8, 4) is 23.3 Å². The van der Waals surface area contributed by atoms with Crippen molar-refractivity contribution in [3.05, 3.63) is 83.2 Å². The molecular weight excluding hydrogens is 438 g/mol. The zero-order valence-electron chi connectivity index (χ0n) is 20.3. The van der Waals surface area contributed by atoms with Crippen molar-refractivity contribution in [2.24, 2.45) is 10.7 Å². The number of hydrogen-bond donors (Lipinski definition) is 3. The number of aromatic nitrogens is 2. The lowest BCUT2D eigenvalue weighted by atomic mass is 10.0. The van der Waals surface area contributed by atoms with E-state index in [1.54, 1.807) is 17.1 Å². The third-order valence-electron chi connectivity index (χ3n) is 5.65. The average molecular weight is 470 g/mol. The number of benzene rings is 2.